The van der Waals surface area contributed by atoms with E-state index in [4.69, 9.17) is 14.6 Å². The molecule has 0 aliphatic rings. The lowest BCUT2D eigenvalue weighted by molar-refractivity contribution is -0.136. The molecule has 0 bridgehead atoms. The van der Waals surface area contributed by atoms with Crippen LogP contribution in [0.1, 0.15) is 21.5 Å². The van der Waals surface area contributed by atoms with Crippen molar-refractivity contribution < 1.29 is 24.2 Å². The van der Waals surface area contributed by atoms with Crippen LogP contribution in [0.25, 0.3) is 11.1 Å². The molecule has 0 spiro atoms. The Bertz CT molecular complexity index is 1040. The largest absolute Gasteiger partial charge is 0.493 e. The summed E-state index contributed by atoms with van der Waals surface area (Å²) in [7, 11) is 3.19. The van der Waals surface area contributed by atoms with Crippen LogP contribution >= 0.6 is 0 Å². The molecule has 0 saturated heterocycles. The maximum Gasteiger partial charge on any atom is 0.307 e. The summed E-state index contributed by atoms with van der Waals surface area (Å²) in [4.78, 5) is 23.2. The fraction of sp³-hybridized carbons (Fsp3) is 0.200. The lowest BCUT2D eigenvalue weighted by Gasteiger charge is -2.10. The van der Waals surface area contributed by atoms with Gasteiger partial charge in [0.1, 0.15) is 0 Å². The van der Waals surface area contributed by atoms with Gasteiger partial charge >= 0.3 is 5.97 Å². The second-order valence-corrected chi connectivity index (χ2v) is 7.04. The predicted molar refractivity (Wildman–Crippen MR) is 119 cm³/mol. The number of hydrogen-bond acceptors (Lipinski definition) is 4. The van der Waals surface area contributed by atoms with Crippen LogP contribution in [0.4, 0.5) is 0 Å². The molecule has 2 N–H and O–H groups in total. The third-order valence-electron chi connectivity index (χ3n) is 4.94. The molecule has 0 radical (unpaired) electrons. The SMILES string of the molecule is COc1ccc(CCNC(=O)c2ccc(-c3ccc(CC(=O)O)cc3)cc2)cc1OC. The standard InChI is InChI=1S/C25H25NO5/c1-30-22-12-5-18(15-23(22)31-2)13-14-26-25(29)21-10-8-20(9-11-21)19-6-3-17(4-7-19)16-24(27)28/h3-12,15H,13-14,16H2,1-2H3,(H,26,29)(H,27,28). The summed E-state index contributed by atoms with van der Waals surface area (Å²) in [5.74, 6) is 0.350. The lowest BCUT2D eigenvalue weighted by atomic mass is 10.0. The minimum Gasteiger partial charge on any atom is -0.493 e. The normalized spacial score (nSPS) is 10.4. The zero-order chi connectivity index (χ0) is 22.2. The van der Waals surface area contributed by atoms with Crippen molar-refractivity contribution in [3.63, 3.8) is 0 Å². The van der Waals surface area contributed by atoms with Crippen LogP contribution in [0.5, 0.6) is 11.5 Å². The average Bonchev–Trinajstić information content (AvgIpc) is 2.79. The number of nitrogens with one attached hydrogen (secondary N) is 1. The number of ether oxygens (including phenoxy) is 2. The Labute approximate surface area is 181 Å². The highest BCUT2D eigenvalue weighted by atomic mass is 16.5. The number of carboxylic acids is 1. The van der Waals surface area contributed by atoms with E-state index in [1.54, 1.807) is 38.5 Å². The van der Waals surface area contributed by atoms with Crippen molar-refractivity contribution in [1.82, 2.24) is 5.32 Å². The van der Waals surface area contributed by atoms with Crippen LogP contribution < -0.4 is 14.8 Å². The van der Waals surface area contributed by atoms with Gasteiger partial charge in [0, 0.05) is 12.1 Å². The number of benzene rings is 3. The van der Waals surface area contributed by atoms with Crippen LogP contribution in [0.2, 0.25) is 0 Å². The molecular weight excluding hydrogens is 394 g/mol. The van der Waals surface area contributed by atoms with Gasteiger partial charge in [-0.25, -0.2) is 0 Å². The number of rotatable bonds is 9. The van der Waals surface area contributed by atoms with Gasteiger partial charge in [0.25, 0.3) is 5.91 Å². The van der Waals surface area contributed by atoms with Crippen LogP contribution in [0, 0.1) is 0 Å². The molecule has 0 aliphatic carbocycles. The zero-order valence-electron chi connectivity index (χ0n) is 17.6. The molecule has 3 aromatic carbocycles. The molecule has 31 heavy (non-hydrogen) atoms. The fourth-order valence-corrected chi connectivity index (χ4v) is 3.26. The Morgan fingerprint density at radius 3 is 1.97 bits per heavy atom. The summed E-state index contributed by atoms with van der Waals surface area (Å²) in [6.45, 7) is 0.501. The predicted octanol–water partition coefficient (Wildman–Crippen LogP) is 3.97. The Morgan fingerprint density at radius 2 is 1.39 bits per heavy atom. The molecule has 3 rings (SSSR count). The van der Waals surface area contributed by atoms with Gasteiger partial charge in [-0.3, -0.25) is 9.59 Å². The summed E-state index contributed by atoms with van der Waals surface area (Å²) in [5.41, 5.74) is 4.30. The molecule has 6 heteroatoms. The third kappa shape index (κ3) is 5.85. The van der Waals surface area contributed by atoms with Gasteiger partial charge < -0.3 is 19.9 Å². The van der Waals surface area contributed by atoms with E-state index in [1.807, 2.05) is 42.5 Å². The number of hydrogen-bond donors (Lipinski definition) is 2. The highest BCUT2D eigenvalue weighted by molar-refractivity contribution is 5.94. The first-order valence-corrected chi connectivity index (χ1v) is 9.90. The van der Waals surface area contributed by atoms with E-state index >= 15 is 0 Å². The van der Waals surface area contributed by atoms with E-state index in [0.29, 0.717) is 30.0 Å². The molecule has 0 saturated carbocycles. The van der Waals surface area contributed by atoms with E-state index in [-0.39, 0.29) is 12.3 Å². The molecule has 0 fully saturated rings. The Kier molecular flexibility index (Phi) is 7.27. The summed E-state index contributed by atoms with van der Waals surface area (Å²) in [6, 6.07) is 20.4. The van der Waals surface area contributed by atoms with Crippen molar-refractivity contribution in [2.24, 2.45) is 0 Å². The summed E-state index contributed by atoms with van der Waals surface area (Å²) < 4.78 is 10.5. The molecule has 1 amide bonds. The van der Waals surface area contributed by atoms with Gasteiger partial charge in [0.15, 0.2) is 11.5 Å². The number of carbonyl (C=O) groups is 2. The molecular formula is C25H25NO5. The Morgan fingerprint density at radius 1 is 0.806 bits per heavy atom. The van der Waals surface area contributed by atoms with Gasteiger partial charge in [-0.15, -0.1) is 0 Å². The summed E-state index contributed by atoms with van der Waals surface area (Å²) in [5, 5.41) is 11.8. The molecule has 160 valence electrons. The second-order valence-electron chi connectivity index (χ2n) is 7.04. The van der Waals surface area contributed by atoms with Gasteiger partial charge in [-0.05, 0) is 52.9 Å². The Hall–Kier alpha value is -3.80. The smallest absolute Gasteiger partial charge is 0.307 e. The van der Waals surface area contributed by atoms with Crippen molar-refractivity contribution in [3.8, 4) is 22.6 Å². The van der Waals surface area contributed by atoms with Gasteiger partial charge in [-0.2, -0.15) is 0 Å². The van der Waals surface area contributed by atoms with Gasteiger partial charge in [0.05, 0.1) is 20.6 Å². The first-order valence-electron chi connectivity index (χ1n) is 9.90. The van der Waals surface area contributed by atoms with Gasteiger partial charge in [-0.1, -0.05) is 42.5 Å². The lowest BCUT2D eigenvalue weighted by Crippen LogP contribution is -2.25. The van der Waals surface area contributed by atoms with E-state index in [0.717, 1.165) is 22.3 Å². The molecule has 0 unspecified atom stereocenters. The molecule has 6 nitrogen and oxygen atoms in total. The topological polar surface area (TPSA) is 84.9 Å². The minimum absolute atomic E-state index is 0.00267. The average molecular weight is 419 g/mol. The third-order valence-corrected chi connectivity index (χ3v) is 4.94. The van der Waals surface area contributed by atoms with Crippen LogP contribution in [-0.4, -0.2) is 37.7 Å². The van der Waals surface area contributed by atoms with E-state index in [1.165, 1.54) is 0 Å². The maximum atomic E-state index is 12.4. The van der Waals surface area contributed by atoms with Crippen molar-refractivity contribution in [1.29, 1.82) is 0 Å². The summed E-state index contributed by atoms with van der Waals surface area (Å²) >= 11 is 0. The number of carboxylic acid groups (broad SMARTS) is 1. The number of methoxy groups -OCH3 is 2. The summed E-state index contributed by atoms with van der Waals surface area (Å²) in [6.07, 6.45) is 0.676. The first kappa shape index (κ1) is 21.9. The molecule has 0 atom stereocenters. The maximum absolute atomic E-state index is 12.4. The van der Waals surface area contributed by atoms with E-state index < -0.39 is 5.97 Å². The quantitative estimate of drug-likeness (QED) is 0.548. The van der Waals surface area contributed by atoms with Crippen LogP contribution in [0.3, 0.4) is 0 Å². The molecule has 0 heterocycles. The monoisotopic (exact) mass is 419 g/mol. The first-order chi connectivity index (χ1) is 15.0. The second kappa shape index (κ2) is 10.3. The molecule has 0 aliphatic heterocycles. The van der Waals surface area contributed by atoms with Crippen molar-refractivity contribution in [2.75, 3.05) is 20.8 Å². The van der Waals surface area contributed by atoms with E-state index in [9.17, 15) is 9.59 Å². The number of amides is 1. The fourth-order valence-electron chi connectivity index (χ4n) is 3.26. The molecule has 0 aromatic heterocycles. The highest BCUT2D eigenvalue weighted by Crippen LogP contribution is 2.27. The van der Waals surface area contributed by atoms with Gasteiger partial charge in [0.2, 0.25) is 0 Å². The van der Waals surface area contributed by atoms with E-state index in [2.05, 4.69) is 5.32 Å². The van der Waals surface area contributed by atoms with Crippen molar-refractivity contribution in [2.45, 2.75) is 12.8 Å². The minimum atomic E-state index is -0.853. The molecule has 3 aromatic rings. The zero-order valence-corrected chi connectivity index (χ0v) is 17.6. The number of carbonyl (C=O) groups excluding carboxylic acids is 1. The van der Waals surface area contributed by atoms with Crippen molar-refractivity contribution >= 4 is 11.9 Å². The highest BCUT2D eigenvalue weighted by Gasteiger charge is 2.08. The number of aliphatic carboxylic acids is 1. The van der Waals surface area contributed by atoms with Crippen LogP contribution in [-0.2, 0) is 17.6 Å². The Balaban J connectivity index is 1.56. The van der Waals surface area contributed by atoms with Crippen molar-refractivity contribution in [3.05, 3.63) is 83.4 Å². The van der Waals surface area contributed by atoms with Crippen LogP contribution in [0.15, 0.2) is 66.7 Å².